The van der Waals surface area contributed by atoms with Crippen LogP contribution in [0.15, 0.2) is 29.9 Å². The molecule has 5 heteroatoms. The van der Waals surface area contributed by atoms with Crippen molar-refractivity contribution in [3.8, 4) is 0 Å². The third-order valence-electron chi connectivity index (χ3n) is 3.06. The highest BCUT2D eigenvalue weighted by Crippen LogP contribution is 2.11. The Bertz CT molecular complexity index is 501. The maximum absolute atomic E-state index is 5.69. The van der Waals surface area contributed by atoms with Crippen LogP contribution in [0.1, 0.15) is 36.0 Å². The Balaban J connectivity index is 1.58. The fraction of sp³-hybridized carbons (Fsp3) is 0.500. The summed E-state index contributed by atoms with van der Waals surface area (Å²) in [6.45, 7) is 5.45. The van der Waals surface area contributed by atoms with Gasteiger partial charge >= 0.3 is 0 Å². The van der Waals surface area contributed by atoms with Gasteiger partial charge in [-0.2, -0.15) is 0 Å². The molecule has 0 spiro atoms. The zero-order chi connectivity index (χ0) is 14.8. The summed E-state index contributed by atoms with van der Waals surface area (Å²) in [5.41, 5.74) is 2.35. The van der Waals surface area contributed by atoms with Gasteiger partial charge in [0.15, 0.2) is 0 Å². The second-order valence-corrected chi connectivity index (χ2v) is 5.86. The van der Waals surface area contributed by atoms with Crippen molar-refractivity contribution in [3.63, 3.8) is 0 Å². The number of thiazole rings is 1. The van der Waals surface area contributed by atoms with Crippen molar-refractivity contribution in [3.05, 3.63) is 46.2 Å². The molecule has 4 nitrogen and oxygen atoms in total. The third kappa shape index (κ3) is 6.33. The number of nitrogens with one attached hydrogen (secondary N) is 1. The lowest BCUT2D eigenvalue weighted by atomic mass is 10.1. The predicted molar refractivity (Wildman–Crippen MR) is 86.3 cm³/mol. The van der Waals surface area contributed by atoms with Crippen LogP contribution in [0.2, 0.25) is 0 Å². The van der Waals surface area contributed by atoms with E-state index in [0.717, 1.165) is 49.7 Å². The highest BCUT2D eigenvalue weighted by atomic mass is 32.1. The van der Waals surface area contributed by atoms with E-state index in [9.17, 15) is 0 Å². The Morgan fingerprint density at radius 3 is 2.95 bits per heavy atom. The summed E-state index contributed by atoms with van der Waals surface area (Å²) >= 11 is 1.70. The molecule has 0 aliphatic rings. The number of aryl methyl sites for hydroxylation is 1. The van der Waals surface area contributed by atoms with E-state index >= 15 is 0 Å². The maximum Gasteiger partial charge on any atom is 0.107 e. The molecule has 0 atom stereocenters. The van der Waals surface area contributed by atoms with Gasteiger partial charge in [0.1, 0.15) is 5.01 Å². The standard InChI is InChI=1S/C16H23N3OS/c1-2-7-18-11-16-19-15(13-21-16)12-20-10-3-4-14-5-8-17-9-6-14/h5-6,8-9,13,18H,2-4,7,10-12H2,1H3. The number of ether oxygens (including phenoxy) is 1. The molecule has 0 radical (unpaired) electrons. The topological polar surface area (TPSA) is 47.0 Å². The molecule has 0 bridgehead atoms. The van der Waals surface area contributed by atoms with Crippen molar-refractivity contribution in [1.29, 1.82) is 0 Å². The number of nitrogens with zero attached hydrogens (tertiary/aromatic N) is 2. The lowest BCUT2D eigenvalue weighted by Crippen LogP contribution is -2.13. The molecule has 0 amide bonds. The first-order chi connectivity index (χ1) is 10.4. The van der Waals surface area contributed by atoms with Crippen LogP contribution in [0.25, 0.3) is 0 Å². The van der Waals surface area contributed by atoms with E-state index in [1.54, 1.807) is 11.3 Å². The quantitative estimate of drug-likeness (QED) is 0.685. The van der Waals surface area contributed by atoms with E-state index in [1.165, 1.54) is 5.56 Å². The molecule has 0 aliphatic carbocycles. The first-order valence-corrected chi connectivity index (χ1v) is 8.37. The van der Waals surface area contributed by atoms with Gasteiger partial charge in [-0.3, -0.25) is 4.98 Å². The zero-order valence-electron chi connectivity index (χ0n) is 12.5. The maximum atomic E-state index is 5.69. The Kier molecular flexibility index (Phi) is 7.35. The summed E-state index contributed by atoms with van der Waals surface area (Å²) in [5.74, 6) is 0. The summed E-state index contributed by atoms with van der Waals surface area (Å²) < 4.78 is 5.69. The van der Waals surface area contributed by atoms with Crippen LogP contribution in [0.3, 0.4) is 0 Å². The summed E-state index contributed by atoms with van der Waals surface area (Å²) in [7, 11) is 0. The molecule has 0 saturated heterocycles. The molecule has 21 heavy (non-hydrogen) atoms. The Labute approximate surface area is 130 Å². The molecule has 0 saturated carbocycles. The minimum atomic E-state index is 0.612. The fourth-order valence-electron chi connectivity index (χ4n) is 1.97. The van der Waals surface area contributed by atoms with Gasteiger partial charge in [-0.25, -0.2) is 4.98 Å². The van der Waals surface area contributed by atoms with Crippen molar-refractivity contribution < 1.29 is 4.74 Å². The van der Waals surface area contributed by atoms with E-state index in [2.05, 4.69) is 39.7 Å². The van der Waals surface area contributed by atoms with Gasteiger partial charge in [0, 0.05) is 30.9 Å². The number of hydrogen-bond donors (Lipinski definition) is 1. The van der Waals surface area contributed by atoms with E-state index in [0.29, 0.717) is 6.61 Å². The summed E-state index contributed by atoms with van der Waals surface area (Å²) in [4.78, 5) is 8.58. The fourth-order valence-corrected chi connectivity index (χ4v) is 2.72. The average Bonchev–Trinajstić information content (AvgIpc) is 2.96. The number of rotatable bonds is 10. The molecule has 1 N–H and O–H groups in total. The van der Waals surface area contributed by atoms with Crippen LogP contribution in [0.5, 0.6) is 0 Å². The molecule has 2 aromatic heterocycles. The van der Waals surface area contributed by atoms with Gasteiger partial charge in [0.2, 0.25) is 0 Å². The summed E-state index contributed by atoms with van der Waals surface area (Å²) in [6, 6.07) is 4.10. The van der Waals surface area contributed by atoms with E-state index in [-0.39, 0.29) is 0 Å². The third-order valence-corrected chi connectivity index (χ3v) is 3.95. The van der Waals surface area contributed by atoms with Crippen LogP contribution < -0.4 is 5.32 Å². The van der Waals surface area contributed by atoms with Gasteiger partial charge in [-0.1, -0.05) is 6.92 Å². The Morgan fingerprint density at radius 1 is 1.29 bits per heavy atom. The predicted octanol–water partition coefficient (Wildman–Crippen LogP) is 3.19. The van der Waals surface area contributed by atoms with Gasteiger partial charge in [-0.15, -0.1) is 11.3 Å². The van der Waals surface area contributed by atoms with Crippen molar-refractivity contribution in [1.82, 2.24) is 15.3 Å². The first kappa shape index (κ1) is 16.1. The largest absolute Gasteiger partial charge is 0.375 e. The minimum absolute atomic E-state index is 0.612. The molecule has 2 aromatic rings. The van der Waals surface area contributed by atoms with Gasteiger partial charge in [0.25, 0.3) is 0 Å². The highest BCUT2D eigenvalue weighted by Gasteiger charge is 2.02. The summed E-state index contributed by atoms with van der Waals surface area (Å²) in [5, 5.41) is 6.59. The molecule has 0 aliphatic heterocycles. The SMILES string of the molecule is CCCNCc1nc(COCCCc2ccncc2)cs1. The number of hydrogen-bond acceptors (Lipinski definition) is 5. The molecule has 0 unspecified atom stereocenters. The van der Waals surface area contributed by atoms with Gasteiger partial charge in [0.05, 0.1) is 12.3 Å². The highest BCUT2D eigenvalue weighted by molar-refractivity contribution is 7.09. The van der Waals surface area contributed by atoms with E-state index in [1.807, 2.05) is 12.4 Å². The van der Waals surface area contributed by atoms with E-state index in [4.69, 9.17) is 4.74 Å². The van der Waals surface area contributed by atoms with Crippen molar-refractivity contribution >= 4 is 11.3 Å². The summed E-state index contributed by atoms with van der Waals surface area (Å²) in [6.07, 6.45) is 6.88. The van der Waals surface area contributed by atoms with Crippen molar-refractivity contribution in [2.45, 2.75) is 39.3 Å². The monoisotopic (exact) mass is 305 g/mol. The van der Waals surface area contributed by atoms with E-state index < -0.39 is 0 Å². The molecular weight excluding hydrogens is 282 g/mol. The smallest absolute Gasteiger partial charge is 0.107 e. The normalized spacial score (nSPS) is 10.9. The second kappa shape index (κ2) is 9.60. The average molecular weight is 305 g/mol. The van der Waals surface area contributed by atoms with Gasteiger partial charge < -0.3 is 10.1 Å². The molecular formula is C16H23N3OS. The molecule has 0 fully saturated rings. The molecule has 114 valence electrons. The first-order valence-electron chi connectivity index (χ1n) is 7.49. The second-order valence-electron chi connectivity index (χ2n) is 4.92. The lowest BCUT2D eigenvalue weighted by molar-refractivity contribution is 0.116. The van der Waals surface area contributed by atoms with Crippen molar-refractivity contribution in [2.24, 2.45) is 0 Å². The van der Waals surface area contributed by atoms with Crippen molar-refractivity contribution in [2.75, 3.05) is 13.2 Å². The number of aromatic nitrogens is 2. The number of pyridine rings is 1. The minimum Gasteiger partial charge on any atom is -0.375 e. The Hall–Kier alpha value is -1.30. The molecule has 0 aromatic carbocycles. The molecule has 2 rings (SSSR count). The van der Waals surface area contributed by atoms with Gasteiger partial charge in [-0.05, 0) is 43.5 Å². The Morgan fingerprint density at radius 2 is 2.14 bits per heavy atom. The van der Waals surface area contributed by atoms with Crippen LogP contribution in [-0.2, 0) is 24.3 Å². The zero-order valence-corrected chi connectivity index (χ0v) is 13.4. The van der Waals surface area contributed by atoms with Crippen LogP contribution in [-0.4, -0.2) is 23.1 Å². The van der Waals surface area contributed by atoms with Crippen LogP contribution in [0.4, 0.5) is 0 Å². The van der Waals surface area contributed by atoms with Crippen LogP contribution >= 0.6 is 11.3 Å². The molecule has 2 heterocycles. The lowest BCUT2D eigenvalue weighted by Gasteiger charge is -2.02. The van der Waals surface area contributed by atoms with Crippen LogP contribution in [0, 0.1) is 0 Å².